The molecule has 2 aliphatic heterocycles. The van der Waals surface area contributed by atoms with Crippen molar-refractivity contribution in [1.82, 2.24) is 15.1 Å². The zero-order chi connectivity index (χ0) is 16.9. The van der Waals surface area contributed by atoms with E-state index in [1.54, 1.807) is 16.8 Å². The number of likely N-dealkylation sites (N-methyl/N-ethyl adjacent to an activating group) is 1. The Morgan fingerprint density at radius 2 is 2.25 bits per heavy atom. The van der Waals surface area contributed by atoms with E-state index < -0.39 is 0 Å². The first-order valence-electron chi connectivity index (χ1n) is 8.28. The molecule has 3 rings (SSSR count). The minimum atomic E-state index is -0.305. The molecule has 3 amide bonds. The van der Waals surface area contributed by atoms with Crippen LogP contribution in [0.3, 0.4) is 0 Å². The van der Waals surface area contributed by atoms with E-state index in [0.29, 0.717) is 32.8 Å². The molecule has 0 aliphatic carbocycles. The molecule has 7 nitrogen and oxygen atoms in total. The molecular weight excluding hydrogens is 310 g/mol. The lowest BCUT2D eigenvalue weighted by Crippen LogP contribution is -2.46. The van der Waals surface area contributed by atoms with Crippen LogP contribution in [0.25, 0.3) is 0 Å². The first-order chi connectivity index (χ1) is 11.6. The Kier molecular flexibility index (Phi) is 5.08. The number of carbonyl (C=O) groups excluding carboxylic acids is 2. The lowest BCUT2D eigenvalue weighted by Gasteiger charge is -2.27. The van der Waals surface area contributed by atoms with Crippen molar-refractivity contribution in [3.05, 3.63) is 29.8 Å². The van der Waals surface area contributed by atoms with Crippen LogP contribution in [-0.4, -0.2) is 67.9 Å². The summed E-state index contributed by atoms with van der Waals surface area (Å²) < 4.78 is 10.8. The largest absolute Gasteiger partial charge is 0.488 e. The average Bonchev–Trinajstić information content (AvgIpc) is 2.98. The molecule has 130 valence electrons. The summed E-state index contributed by atoms with van der Waals surface area (Å²) in [4.78, 5) is 26.9. The number of carbonyl (C=O) groups is 2. The molecule has 24 heavy (non-hydrogen) atoms. The van der Waals surface area contributed by atoms with E-state index in [9.17, 15) is 9.59 Å². The van der Waals surface area contributed by atoms with E-state index in [1.165, 1.54) is 5.56 Å². The van der Waals surface area contributed by atoms with Crippen molar-refractivity contribution >= 4 is 12.1 Å². The maximum Gasteiger partial charge on any atom is 0.409 e. The Morgan fingerprint density at radius 1 is 1.42 bits per heavy atom. The van der Waals surface area contributed by atoms with Crippen LogP contribution in [0.15, 0.2) is 24.3 Å². The molecule has 1 N–H and O–H groups in total. The van der Waals surface area contributed by atoms with E-state index in [0.717, 1.165) is 18.6 Å². The highest BCUT2D eigenvalue weighted by atomic mass is 16.6. The van der Waals surface area contributed by atoms with Crippen LogP contribution in [0.4, 0.5) is 9.59 Å². The Morgan fingerprint density at radius 3 is 3.04 bits per heavy atom. The van der Waals surface area contributed by atoms with Gasteiger partial charge in [0, 0.05) is 33.1 Å². The van der Waals surface area contributed by atoms with Crippen LogP contribution >= 0.6 is 0 Å². The van der Waals surface area contributed by atoms with Gasteiger partial charge in [-0.15, -0.1) is 0 Å². The van der Waals surface area contributed by atoms with E-state index in [-0.39, 0.29) is 18.2 Å². The van der Waals surface area contributed by atoms with Gasteiger partial charge in [0.25, 0.3) is 0 Å². The molecule has 2 heterocycles. The van der Waals surface area contributed by atoms with E-state index in [4.69, 9.17) is 9.47 Å². The predicted molar refractivity (Wildman–Crippen MR) is 88.1 cm³/mol. The molecule has 2 aliphatic rings. The zero-order valence-electron chi connectivity index (χ0n) is 13.9. The number of cyclic esters (lactones) is 1. The van der Waals surface area contributed by atoms with Crippen LogP contribution in [-0.2, 0) is 11.2 Å². The maximum atomic E-state index is 12.2. The van der Waals surface area contributed by atoms with Gasteiger partial charge < -0.3 is 24.6 Å². The van der Waals surface area contributed by atoms with Gasteiger partial charge in [-0.2, -0.15) is 0 Å². The maximum absolute atomic E-state index is 12.2. The molecule has 0 radical (unpaired) electrons. The third kappa shape index (κ3) is 3.90. The van der Waals surface area contributed by atoms with Crippen LogP contribution in [0.1, 0.15) is 12.0 Å². The summed E-state index contributed by atoms with van der Waals surface area (Å²) in [6.45, 7) is 2.55. The Labute approximate surface area is 141 Å². The summed E-state index contributed by atoms with van der Waals surface area (Å²) in [6, 6.07) is 7.77. The molecule has 0 bridgehead atoms. The number of para-hydroxylation sites is 1. The lowest BCUT2D eigenvalue weighted by atomic mass is 10.1. The fourth-order valence-corrected chi connectivity index (χ4v) is 2.98. The Hall–Kier alpha value is -2.44. The quantitative estimate of drug-likeness (QED) is 0.886. The van der Waals surface area contributed by atoms with Crippen LogP contribution < -0.4 is 10.1 Å². The Bertz CT molecular complexity index is 582. The summed E-state index contributed by atoms with van der Waals surface area (Å²) in [5.74, 6) is 0.903. The first-order valence-corrected chi connectivity index (χ1v) is 8.28. The molecule has 1 fully saturated rings. The normalized spacial score (nSPS) is 19.3. The van der Waals surface area contributed by atoms with Crippen molar-refractivity contribution in [2.45, 2.75) is 18.9 Å². The highest BCUT2D eigenvalue weighted by molar-refractivity contribution is 5.74. The topological polar surface area (TPSA) is 71.1 Å². The molecule has 1 aromatic rings. The standard InChI is InChI=1S/C17H23N3O4/c1-19(12-14-11-13-5-2-3-6-15(13)24-14)16(21)18-7-9-20-8-4-10-23-17(20)22/h2-3,5-6,14H,4,7-12H2,1H3,(H,18,21)/t14-/m1/s1. The lowest BCUT2D eigenvalue weighted by molar-refractivity contribution is 0.0733. The fraction of sp³-hybridized carbons (Fsp3) is 0.529. The Balaban J connectivity index is 1.38. The van der Waals surface area contributed by atoms with Gasteiger partial charge in [-0.3, -0.25) is 0 Å². The number of nitrogens with zero attached hydrogens (tertiary/aromatic N) is 2. The van der Waals surface area contributed by atoms with Gasteiger partial charge in [0.05, 0.1) is 13.2 Å². The minimum Gasteiger partial charge on any atom is -0.488 e. The highest BCUT2D eigenvalue weighted by Gasteiger charge is 2.25. The molecular formula is C17H23N3O4. The smallest absolute Gasteiger partial charge is 0.409 e. The van der Waals surface area contributed by atoms with Gasteiger partial charge >= 0.3 is 12.1 Å². The number of fused-ring (bicyclic) bond motifs is 1. The molecule has 0 unspecified atom stereocenters. The number of hydrogen-bond donors (Lipinski definition) is 1. The SMILES string of the molecule is CN(C[C@H]1Cc2ccccc2O1)C(=O)NCCN1CCCOC1=O. The van der Waals surface area contributed by atoms with Crippen molar-refractivity contribution in [3.63, 3.8) is 0 Å². The van der Waals surface area contributed by atoms with Crippen LogP contribution in [0.2, 0.25) is 0 Å². The molecule has 1 atom stereocenters. The second-order valence-corrected chi connectivity index (χ2v) is 6.12. The number of nitrogens with one attached hydrogen (secondary N) is 1. The van der Waals surface area contributed by atoms with E-state index >= 15 is 0 Å². The molecule has 1 aromatic carbocycles. The predicted octanol–water partition coefficient (Wildman–Crippen LogP) is 1.47. The van der Waals surface area contributed by atoms with Gasteiger partial charge in [0.15, 0.2) is 0 Å². The molecule has 1 saturated heterocycles. The summed E-state index contributed by atoms with van der Waals surface area (Å²) in [5.41, 5.74) is 1.18. The number of amides is 3. The number of benzene rings is 1. The average molecular weight is 333 g/mol. The van der Waals surface area contributed by atoms with Gasteiger partial charge in [-0.25, -0.2) is 9.59 Å². The third-order valence-electron chi connectivity index (χ3n) is 4.25. The third-order valence-corrected chi connectivity index (χ3v) is 4.25. The molecule has 7 heteroatoms. The molecule has 0 saturated carbocycles. The van der Waals surface area contributed by atoms with Crippen molar-refractivity contribution in [2.75, 3.05) is 39.8 Å². The highest BCUT2D eigenvalue weighted by Crippen LogP contribution is 2.28. The van der Waals surface area contributed by atoms with Crippen molar-refractivity contribution < 1.29 is 19.1 Å². The molecule has 0 aromatic heterocycles. The van der Waals surface area contributed by atoms with E-state index in [2.05, 4.69) is 5.32 Å². The van der Waals surface area contributed by atoms with Crippen molar-refractivity contribution in [3.8, 4) is 5.75 Å². The van der Waals surface area contributed by atoms with Gasteiger partial charge in [-0.05, 0) is 18.1 Å². The number of hydrogen-bond acceptors (Lipinski definition) is 4. The number of ether oxygens (including phenoxy) is 2. The summed E-state index contributed by atoms with van der Waals surface area (Å²) in [6.07, 6.45) is 1.32. The van der Waals surface area contributed by atoms with Gasteiger partial charge in [0.1, 0.15) is 11.9 Å². The molecule has 0 spiro atoms. The minimum absolute atomic E-state index is 0.0183. The monoisotopic (exact) mass is 333 g/mol. The van der Waals surface area contributed by atoms with E-state index in [1.807, 2.05) is 24.3 Å². The van der Waals surface area contributed by atoms with Crippen LogP contribution in [0.5, 0.6) is 5.75 Å². The first kappa shape index (κ1) is 16.4. The van der Waals surface area contributed by atoms with Crippen molar-refractivity contribution in [1.29, 1.82) is 0 Å². The zero-order valence-corrected chi connectivity index (χ0v) is 13.9. The van der Waals surface area contributed by atoms with Crippen molar-refractivity contribution in [2.24, 2.45) is 0 Å². The fourth-order valence-electron chi connectivity index (χ4n) is 2.98. The van der Waals surface area contributed by atoms with Gasteiger partial charge in [0.2, 0.25) is 0 Å². The second-order valence-electron chi connectivity index (χ2n) is 6.12. The second kappa shape index (κ2) is 7.42. The number of urea groups is 1. The number of rotatable bonds is 5. The summed E-state index contributed by atoms with van der Waals surface area (Å²) in [7, 11) is 1.75. The van der Waals surface area contributed by atoms with Crippen LogP contribution in [0, 0.1) is 0 Å². The summed E-state index contributed by atoms with van der Waals surface area (Å²) >= 11 is 0. The van der Waals surface area contributed by atoms with Gasteiger partial charge in [-0.1, -0.05) is 18.2 Å². The summed E-state index contributed by atoms with van der Waals surface area (Å²) in [5, 5.41) is 2.83.